The van der Waals surface area contributed by atoms with Crippen LogP contribution in [0.5, 0.6) is 0 Å². The molecule has 0 bridgehead atoms. The molecule has 0 amide bonds. The van der Waals surface area contributed by atoms with Crippen LogP contribution in [-0.4, -0.2) is 17.2 Å². The maximum Gasteiger partial charge on any atom is 0.185 e. The lowest BCUT2D eigenvalue weighted by molar-refractivity contribution is 0.590. The molecule has 366 valence electrons. The summed E-state index contributed by atoms with van der Waals surface area (Å²) in [6.45, 7) is 28.4. The third-order valence-corrected chi connectivity index (χ3v) is 22.0. The van der Waals surface area contributed by atoms with E-state index in [4.69, 9.17) is 11.6 Å². The first kappa shape index (κ1) is 46.8. The zero-order chi connectivity index (χ0) is 51.6. The van der Waals surface area contributed by atoms with Crippen LogP contribution >= 0.6 is 11.6 Å². The molecule has 4 heterocycles. The Balaban J connectivity index is 1.27. The van der Waals surface area contributed by atoms with Crippen LogP contribution in [0.25, 0.3) is 88.4 Å². The van der Waals surface area contributed by atoms with Gasteiger partial charge in [0.2, 0.25) is 0 Å². The predicted molar refractivity (Wildman–Crippen MR) is 322 cm³/mol. The Hall–Kier alpha value is -6.91. The minimum absolute atomic E-state index is 0.0497. The summed E-state index contributed by atoms with van der Waals surface area (Å²) in [7, 11) is -3.26. The third-order valence-electron chi connectivity index (χ3n) is 16.8. The highest BCUT2D eigenvalue weighted by molar-refractivity contribution is 7.23. The van der Waals surface area contributed by atoms with Gasteiger partial charge in [0, 0.05) is 21.7 Å². The van der Waals surface area contributed by atoms with E-state index in [9.17, 15) is 0 Å². The van der Waals surface area contributed by atoms with Gasteiger partial charge in [-0.25, -0.2) is 0 Å². The largest absolute Gasteiger partial charge is 0.308 e. The summed E-state index contributed by atoms with van der Waals surface area (Å²) in [4.78, 5) is 0. The van der Waals surface area contributed by atoms with Crippen molar-refractivity contribution in [2.75, 3.05) is 0 Å². The first-order valence-electron chi connectivity index (χ1n) is 26.6. The van der Waals surface area contributed by atoms with Gasteiger partial charge in [0.15, 0.2) is 8.07 Å². The molecular weight excluding hydrogens is 932 g/mol. The topological polar surface area (TPSA) is 9.86 Å². The number of aromatic nitrogens is 2. The number of benzene rings is 9. The number of hydrogen-bond acceptors (Lipinski definition) is 0. The van der Waals surface area contributed by atoms with Gasteiger partial charge in [-0.1, -0.05) is 234 Å². The van der Waals surface area contributed by atoms with Crippen LogP contribution in [0.4, 0.5) is 0 Å². The third kappa shape index (κ3) is 6.68. The van der Waals surface area contributed by atoms with Crippen LogP contribution in [0.1, 0.15) is 105 Å². The Morgan fingerprint density at radius 3 is 1.46 bits per heavy atom. The monoisotopic (exact) mass is 996 g/mol. The Morgan fingerprint density at radius 1 is 0.378 bits per heavy atom. The molecule has 0 atom stereocenters. The molecule has 2 aromatic heterocycles. The van der Waals surface area contributed by atoms with E-state index in [0.29, 0.717) is 0 Å². The van der Waals surface area contributed by atoms with E-state index in [0.717, 1.165) is 33.2 Å². The standard InChI is InChI=1S/C70H65ClN2Si/c1-67(2,3)46-29-32-55-52(37-46)53-38-49(70(10,11)12)41-61-65(53)73(55)66-58(74(61)59-39-47(68(4,5)6)27-30-50(59)51-31-28-48(40-60(51)74)69(7,8)9)34-33-56(63(66)71)72-57-36-45-26-20-19-25-44(45)35-54(57)62(42-21-15-13-16-22-42)64(72)43-23-17-14-18-24-43/h13-41H,1-12H3. The molecule has 9 aromatic carbocycles. The molecule has 0 unspecified atom stereocenters. The zero-order valence-electron chi connectivity index (χ0n) is 45.0. The maximum atomic E-state index is 8.72. The molecule has 1 spiro atoms. The number of hydrogen-bond donors (Lipinski definition) is 0. The first-order valence-corrected chi connectivity index (χ1v) is 29.0. The average Bonchev–Trinajstić information content (AvgIpc) is 3.98. The van der Waals surface area contributed by atoms with E-state index in [1.165, 1.54) is 103 Å². The van der Waals surface area contributed by atoms with Crippen molar-refractivity contribution in [1.82, 2.24) is 9.13 Å². The van der Waals surface area contributed by atoms with Crippen LogP contribution in [0.15, 0.2) is 176 Å². The fraction of sp³-hybridized carbons (Fsp3) is 0.229. The smallest absolute Gasteiger partial charge is 0.185 e. The van der Waals surface area contributed by atoms with Gasteiger partial charge in [-0.3, -0.25) is 0 Å². The summed E-state index contributed by atoms with van der Waals surface area (Å²) in [5.74, 6) is 0. The molecular formula is C70H65ClN2Si. The highest BCUT2D eigenvalue weighted by Gasteiger charge is 2.55. The van der Waals surface area contributed by atoms with Gasteiger partial charge in [-0.15, -0.1) is 0 Å². The van der Waals surface area contributed by atoms with Crippen molar-refractivity contribution in [1.29, 1.82) is 0 Å². The van der Waals surface area contributed by atoms with Gasteiger partial charge in [0.25, 0.3) is 0 Å². The van der Waals surface area contributed by atoms with Gasteiger partial charge >= 0.3 is 0 Å². The van der Waals surface area contributed by atoms with E-state index < -0.39 is 8.07 Å². The molecule has 2 nitrogen and oxygen atoms in total. The maximum absolute atomic E-state index is 8.72. The quantitative estimate of drug-likeness (QED) is 0.156. The van der Waals surface area contributed by atoms with Gasteiger partial charge < -0.3 is 9.13 Å². The van der Waals surface area contributed by atoms with Crippen molar-refractivity contribution in [3.8, 4) is 44.9 Å². The van der Waals surface area contributed by atoms with Crippen LogP contribution in [0.3, 0.4) is 0 Å². The molecule has 13 rings (SSSR count). The van der Waals surface area contributed by atoms with E-state index >= 15 is 0 Å². The van der Waals surface area contributed by atoms with Crippen LogP contribution in [0.2, 0.25) is 5.02 Å². The van der Waals surface area contributed by atoms with Crippen molar-refractivity contribution in [2.24, 2.45) is 0 Å². The molecule has 0 radical (unpaired) electrons. The molecule has 0 saturated carbocycles. The second-order valence-electron chi connectivity index (χ2n) is 25.6. The fourth-order valence-corrected chi connectivity index (χ4v) is 18.8. The van der Waals surface area contributed by atoms with Gasteiger partial charge in [-0.05, 0) is 134 Å². The van der Waals surface area contributed by atoms with Gasteiger partial charge in [-0.2, -0.15) is 0 Å². The highest BCUT2D eigenvalue weighted by Crippen LogP contribution is 2.49. The summed E-state index contributed by atoms with van der Waals surface area (Å²) >= 11 is 8.72. The minimum Gasteiger partial charge on any atom is -0.308 e. The SMILES string of the molecule is CC(C)(C)c1ccc2c(c1)[Si]1(c3cc(C(C)(C)C)ccc3-2)c2ccc(-n3c(-c4ccccc4)c(-c4ccccc4)c4cc5ccccc5cc43)c(Cl)c2-n2c3ccc(C(C)(C)C)cc3c3cc(C(C)(C)C)cc1c32. The summed E-state index contributed by atoms with van der Waals surface area (Å²) in [6, 6.07) is 67.8. The summed E-state index contributed by atoms with van der Waals surface area (Å²) in [5.41, 5.74) is 18.1. The van der Waals surface area contributed by atoms with E-state index in [1.54, 1.807) is 0 Å². The fourth-order valence-electron chi connectivity index (χ4n) is 12.8. The number of rotatable bonds is 3. The normalized spacial score (nSPS) is 14.1. The van der Waals surface area contributed by atoms with E-state index in [-0.39, 0.29) is 21.7 Å². The van der Waals surface area contributed by atoms with E-state index in [1.807, 2.05) is 0 Å². The van der Waals surface area contributed by atoms with Crippen LogP contribution < -0.4 is 20.7 Å². The molecule has 74 heavy (non-hydrogen) atoms. The van der Waals surface area contributed by atoms with Crippen molar-refractivity contribution in [3.63, 3.8) is 0 Å². The average molecular weight is 998 g/mol. The number of halogens is 1. The lowest BCUT2D eigenvalue weighted by Gasteiger charge is -2.40. The van der Waals surface area contributed by atoms with Crippen molar-refractivity contribution >= 4 is 83.9 Å². The molecule has 11 aromatic rings. The molecule has 0 saturated heterocycles. The Bertz CT molecular complexity index is 4100. The zero-order valence-corrected chi connectivity index (χ0v) is 46.8. The molecule has 4 heteroatoms. The molecule has 0 N–H and O–H groups in total. The van der Waals surface area contributed by atoms with Crippen molar-refractivity contribution in [2.45, 2.75) is 105 Å². The molecule has 0 fully saturated rings. The summed E-state index contributed by atoms with van der Waals surface area (Å²) in [5, 5.41) is 12.7. The Labute approximate surface area is 443 Å². The lowest BCUT2D eigenvalue weighted by atomic mass is 9.85. The second-order valence-corrected chi connectivity index (χ2v) is 29.6. The van der Waals surface area contributed by atoms with Crippen molar-refractivity contribution in [3.05, 3.63) is 203 Å². The minimum atomic E-state index is -3.26. The second kappa shape index (κ2) is 15.8. The molecule has 2 aliphatic heterocycles. The Kier molecular flexibility index (Phi) is 10.0. The molecule has 2 aliphatic rings. The number of fused-ring (bicyclic) bond motifs is 14. The first-order chi connectivity index (χ1) is 35.2. The van der Waals surface area contributed by atoms with Gasteiger partial charge in [0.05, 0.1) is 38.6 Å². The van der Waals surface area contributed by atoms with Crippen LogP contribution in [-0.2, 0) is 21.7 Å². The lowest BCUT2D eigenvalue weighted by Crippen LogP contribution is -2.75. The number of nitrogens with zero attached hydrogens (tertiary/aromatic N) is 2. The van der Waals surface area contributed by atoms with Crippen molar-refractivity contribution < 1.29 is 0 Å². The highest BCUT2D eigenvalue weighted by atomic mass is 35.5. The summed E-state index contributed by atoms with van der Waals surface area (Å²) in [6.07, 6.45) is 0. The predicted octanol–water partition coefficient (Wildman–Crippen LogP) is 16.7. The Morgan fingerprint density at radius 2 is 0.878 bits per heavy atom. The van der Waals surface area contributed by atoms with Crippen LogP contribution in [0, 0.1) is 0 Å². The summed E-state index contributed by atoms with van der Waals surface area (Å²) < 4.78 is 5.11. The van der Waals surface area contributed by atoms with Gasteiger partial charge in [0.1, 0.15) is 0 Å². The van der Waals surface area contributed by atoms with E-state index in [2.05, 4.69) is 268 Å². The molecule has 0 aliphatic carbocycles.